The normalized spacial score (nSPS) is 12.4. The van der Waals surface area contributed by atoms with Gasteiger partial charge in [0.2, 0.25) is 0 Å². The molecule has 6 aromatic rings. The van der Waals surface area contributed by atoms with Crippen molar-refractivity contribution in [3.63, 3.8) is 0 Å². The number of hydrogen-bond donors (Lipinski definition) is 1. The number of para-hydroxylation sites is 2. The molecule has 1 N–H and O–H groups in total. The molecule has 0 amide bonds. The fraction of sp³-hybridized carbons (Fsp3) is 0. The topological polar surface area (TPSA) is 50.9 Å². The summed E-state index contributed by atoms with van der Waals surface area (Å²) in [4.78, 5) is 10.0. The molecule has 0 aliphatic carbocycles. The summed E-state index contributed by atoms with van der Waals surface area (Å²) in [5, 5.41) is 13.7. The second-order valence-electron chi connectivity index (χ2n) is 7.17. The molecule has 0 radical (unpaired) electrons. The lowest BCUT2D eigenvalue weighted by Crippen LogP contribution is -1.96. The van der Waals surface area contributed by atoms with Gasteiger partial charge in [0, 0.05) is 27.3 Å². The van der Waals surface area contributed by atoms with Crippen molar-refractivity contribution in [1.29, 1.82) is 0 Å². The summed E-state index contributed by atoms with van der Waals surface area (Å²) in [7, 11) is 0. The maximum Gasteiger partial charge on any atom is 0.141 e. The van der Waals surface area contributed by atoms with Crippen molar-refractivity contribution >= 4 is 44.5 Å². The first-order valence-electron chi connectivity index (χ1n) is 10.8. The van der Waals surface area contributed by atoms with E-state index in [1.807, 2.05) is 24.3 Å². The Hall–Kier alpha value is -3.83. The first-order valence-corrected chi connectivity index (χ1v) is 10.6. The van der Waals surface area contributed by atoms with E-state index in [0.29, 0.717) is 28.4 Å². The van der Waals surface area contributed by atoms with Gasteiger partial charge in [-0.25, -0.2) is 9.97 Å². The molecule has 3 aromatic carbocycles. The van der Waals surface area contributed by atoms with Gasteiger partial charge in [-0.15, -0.1) is 0 Å². The minimum atomic E-state index is 0.103. The number of hydrogen-bond acceptors (Lipinski definition) is 4. The second-order valence-corrected chi connectivity index (χ2v) is 8.23. The van der Waals surface area contributed by atoms with Crippen molar-refractivity contribution in [2.75, 3.05) is 0 Å². The Balaban J connectivity index is 1.54. The Kier molecular flexibility index (Phi) is 3.67. The minimum absolute atomic E-state index is 0.103. The number of phenolic OH excluding ortho intramolecular Hbond substituents is 1. The van der Waals surface area contributed by atoms with Gasteiger partial charge in [-0.2, -0.15) is 0 Å². The van der Waals surface area contributed by atoms with Crippen LogP contribution < -0.4 is 0 Å². The lowest BCUT2D eigenvalue weighted by molar-refractivity contribution is 0.480. The summed E-state index contributed by atoms with van der Waals surface area (Å²) >= 11 is 1.39. The summed E-state index contributed by atoms with van der Waals surface area (Å²) in [6.07, 6.45) is 1.65. The molecular weight excluding hydrogens is 402 g/mol. The van der Waals surface area contributed by atoms with E-state index in [1.165, 1.54) is 11.8 Å². The van der Waals surface area contributed by atoms with Crippen molar-refractivity contribution < 1.29 is 7.85 Å². The van der Waals surface area contributed by atoms with E-state index in [1.54, 1.807) is 36.5 Å². The molecule has 0 aliphatic heterocycles. The van der Waals surface area contributed by atoms with Crippen molar-refractivity contribution in [3.8, 4) is 11.6 Å². The molecule has 0 fully saturated rings. The zero-order chi connectivity index (χ0) is 22.5. The highest BCUT2D eigenvalue weighted by molar-refractivity contribution is 7.99. The van der Waals surface area contributed by atoms with Crippen LogP contribution in [-0.2, 0) is 0 Å². The fourth-order valence-corrected chi connectivity index (χ4v) is 4.71. The van der Waals surface area contributed by atoms with Crippen LogP contribution in [0.2, 0.25) is 0 Å². The van der Waals surface area contributed by atoms with Crippen LogP contribution in [0.1, 0.15) is 2.74 Å². The average Bonchev–Trinajstić information content (AvgIpc) is 3.14. The highest BCUT2D eigenvalue weighted by Gasteiger charge is 2.14. The molecular formula is C26H17N3OS. The number of fused-ring (bicyclic) bond motifs is 4. The summed E-state index contributed by atoms with van der Waals surface area (Å²) in [6.45, 7) is 0. The molecule has 0 atom stereocenters. The lowest BCUT2D eigenvalue weighted by atomic mass is 10.2. The Bertz CT molecular complexity index is 1700. The lowest BCUT2D eigenvalue weighted by Gasteiger charge is -2.08. The number of benzene rings is 3. The minimum Gasteiger partial charge on any atom is -0.506 e. The van der Waals surface area contributed by atoms with Gasteiger partial charge >= 0.3 is 0 Å². The van der Waals surface area contributed by atoms with E-state index in [9.17, 15) is 5.11 Å². The smallest absolute Gasteiger partial charge is 0.141 e. The van der Waals surface area contributed by atoms with Crippen LogP contribution in [0.25, 0.3) is 38.5 Å². The largest absolute Gasteiger partial charge is 0.506 e. The van der Waals surface area contributed by atoms with Crippen LogP contribution in [0, 0.1) is 0 Å². The Morgan fingerprint density at radius 3 is 2.71 bits per heavy atom. The highest BCUT2D eigenvalue weighted by Crippen LogP contribution is 2.36. The van der Waals surface area contributed by atoms with Gasteiger partial charge in [-0.05, 0) is 48.5 Å². The van der Waals surface area contributed by atoms with Gasteiger partial charge in [-0.1, -0.05) is 54.2 Å². The van der Waals surface area contributed by atoms with Gasteiger partial charge in [0.1, 0.15) is 22.1 Å². The molecule has 0 saturated carbocycles. The first kappa shape index (κ1) is 15.9. The van der Waals surface area contributed by atoms with E-state index >= 15 is 0 Å². The molecule has 0 aliphatic rings. The van der Waals surface area contributed by atoms with Crippen LogP contribution in [0.15, 0.2) is 107 Å². The third-order valence-corrected chi connectivity index (χ3v) is 6.18. The van der Waals surface area contributed by atoms with Crippen LogP contribution >= 0.6 is 11.8 Å². The van der Waals surface area contributed by atoms with Crippen molar-refractivity contribution in [2.45, 2.75) is 9.92 Å². The number of phenols is 1. The number of aromatic hydroxyl groups is 1. The van der Waals surface area contributed by atoms with E-state index in [0.717, 1.165) is 32.1 Å². The SMILES string of the molecule is [2H]c1ccnc(-n2c3ccccc3c3ccc(Sc4nc5c(O)cccc5cc4[2H])cc32)c1. The number of rotatable bonds is 3. The Labute approximate surface area is 185 Å². The molecule has 3 aromatic heterocycles. The zero-order valence-corrected chi connectivity index (χ0v) is 17.1. The van der Waals surface area contributed by atoms with E-state index in [-0.39, 0.29) is 5.75 Å². The van der Waals surface area contributed by atoms with Gasteiger partial charge in [0.05, 0.1) is 13.8 Å². The molecule has 5 heteroatoms. The molecule has 148 valence electrons. The maximum absolute atomic E-state index is 10.2. The van der Waals surface area contributed by atoms with Crippen LogP contribution in [0.5, 0.6) is 5.75 Å². The summed E-state index contributed by atoms with van der Waals surface area (Å²) in [5.74, 6) is 0.789. The molecule has 31 heavy (non-hydrogen) atoms. The second kappa shape index (κ2) is 7.15. The van der Waals surface area contributed by atoms with Gasteiger partial charge < -0.3 is 5.11 Å². The first-order chi connectivity index (χ1) is 16.1. The van der Waals surface area contributed by atoms with Gasteiger partial charge in [-0.3, -0.25) is 4.57 Å². The summed E-state index contributed by atoms with van der Waals surface area (Å²) in [5.41, 5.74) is 2.47. The maximum atomic E-state index is 10.2. The van der Waals surface area contributed by atoms with Crippen LogP contribution in [-0.4, -0.2) is 19.6 Å². The monoisotopic (exact) mass is 421 g/mol. The van der Waals surface area contributed by atoms with E-state index in [2.05, 4.69) is 38.8 Å². The third kappa shape index (κ3) is 3.02. The number of pyridine rings is 2. The molecule has 0 bridgehead atoms. The molecule has 3 heterocycles. The molecule has 4 nitrogen and oxygen atoms in total. The number of nitrogens with zero attached hydrogens (tertiary/aromatic N) is 3. The summed E-state index contributed by atoms with van der Waals surface area (Å²) < 4.78 is 18.5. The molecule has 0 unspecified atom stereocenters. The van der Waals surface area contributed by atoms with Gasteiger partial charge in [0.15, 0.2) is 0 Å². The average molecular weight is 422 g/mol. The zero-order valence-electron chi connectivity index (χ0n) is 18.3. The Morgan fingerprint density at radius 1 is 0.871 bits per heavy atom. The quantitative estimate of drug-likeness (QED) is 0.350. The number of aromatic nitrogens is 3. The molecule has 0 spiro atoms. The fourth-order valence-electron chi connectivity index (χ4n) is 3.92. The standard InChI is InChI=1S/C26H17N3OS/c30-23-9-5-6-17-11-14-25(28-26(17)23)31-18-12-13-20-19-7-1-2-8-21(19)29(22(20)16-18)24-10-3-4-15-27-24/h1-16,30H/i3D,14D. The van der Waals surface area contributed by atoms with Crippen molar-refractivity contribution in [3.05, 3.63) is 97.1 Å². The molecule has 6 rings (SSSR count). The Morgan fingerprint density at radius 2 is 1.77 bits per heavy atom. The highest BCUT2D eigenvalue weighted by atomic mass is 32.2. The summed E-state index contributed by atoms with van der Waals surface area (Å²) in [6, 6.07) is 25.3. The third-order valence-electron chi connectivity index (χ3n) is 5.29. The van der Waals surface area contributed by atoms with E-state index < -0.39 is 0 Å². The van der Waals surface area contributed by atoms with Crippen LogP contribution in [0.3, 0.4) is 0 Å². The van der Waals surface area contributed by atoms with E-state index in [4.69, 9.17) is 2.74 Å². The van der Waals surface area contributed by atoms with Crippen molar-refractivity contribution in [2.24, 2.45) is 0 Å². The van der Waals surface area contributed by atoms with Crippen molar-refractivity contribution in [1.82, 2.24) is 14.5 Å². The van der Waals surface area contributed by atoms with Crippen LogP contribution in [0.4, 0.5) is 0 Å². The predicted octanol–water partition coefficient (Wildman–Crippen LogP) is 6.58. The van der Waals surface area contributed by atoms with Gasteiger partial charge in [0.25, 0.3) is 0 Å². The predicted molar refractivity (Wildman–Crippen MR) is 126 cm³/mol. The molecule has 0 saturated heterocycles.